The Bertz CT molecular complexity index is 1590. The van der Waals surface area contributed by atoms with Crippen molar-refractivity contribution in [3.8, 4) is 17.2 Å². The molecule has 5 rings (SSSR count). The van der Waals surface area contributed by atoms with Crippen LogP contribution in [0.2, 0.25) is 0 Å². The number of nitro groups is 1. The maximum absolute atomic E-state index is 13.6. The second-order valence-corrected chi connectivity index (χ2v) is 13.5. The molecule has 0 atom stereocenters. The first-order valence-corrected chi connectivity index (χ1v) is 14.3. The summed E-state index contributed by atoms with van der Waals surface area (Å²) in [5.41, 5.74) is -1.39. The van der Waals surface area contributed by atoms with Gasteiger partial charge in [0, 0.05) is 48.8 Å². The number of hydrogen-bond acceptors (Lipinski definition) is 7. The Labute approximate surface area is 254 Å². The van der Waals surface area contributed by atoms with E-state index in [1.807, 2.05) is 27.7 Å². The van der Waals surface area contributed by atoms with E-state index in [2.05, 4.69) is 15.9 Å². The number of methoxy groups -OCH3 is 1. The van der Waals surface area contributed by atoms with E-state index < -0.39 is 34.0 Å². The zero-order valence-electron chi connectivity index (χ0n) is 24.1. The van der Waals surface area contributed by atoms with Gasteiger partial charge in [-0.15, -0.1) is 0 Å². The Hall–Kier alpha value is -3.67. The number of ether oxygens (including phenoxy) is 3. The van der Waals surface area contributed by atoms with Crippen LogP contribution in [0.4, 0.5) is 18.9 Å². The second-order valence-electron chi connectivity index (χ2n) is 12.7. The van der Waals surface area contributed by atoms with Crippen LogP contribution in [0.3, 0.4) is 0 Å². The molecular weight excluding hydrogens is 635 g/mol. The number of Topliss-reactive ketones (excluding diaryl/α,β-unsaturated/α-hetero) is 2. The molecule has 0 fully saturated rings. The number of halogens is 4. The number of benzene rings is 2. The average molecular weight is 664 g/mol. The van der Waals surface area contributed by atoms with Crippen LogP contribution in [0, 0.1) is 20.9 Å². The maximum atomic E-state index is 13.6. The molecule has 1 aliphatic heterocycles. The summed E-state index contributed by atoms with van der Waals surface area (Å²) in [4.78, 5) is 37.9. The fourth-order valence-electron chi connectivity index (χ4n) is 6.05. The Kier molecular flexibility index (Phi) is 7.51. The summed E-state index contributed by atoms with van der Waals surface area (Å²) in [6.45, 7) is 7.94. The molecule has 0 spiro atoms. The summed E-state index contributed by atoms with van der Waals surface area (Å²) in [6, 6.07) is 5.16. The molecule has 43 heavy (non-hydrogen) atoms. The van der Waals surface area contributed by atoms with E-state index in [1.54, 1.807) is 12.1 Å². The molecule has 0 aromatic heterocycles. The van der Waals surface area contributed by atoms with Gasteiger partial charge < -0.3 is 14.2 Å². The quantitative estimate of drug-likeness (QED) is 0.233. The lowest BCUT2D eigenvalue weighted by Gasteiger charge is -2.42. The van der Waals surface area contributed by atoms with Crippen molar-refractivity contribution in [2.75, 3.05) is 7.11 Å². The van der Waals surface area contributed by atoms with Gasteiger partial charge in [-0.25, -0.2) is 0 Å². The molecule has 0 radical (unpaired) electrons. The van der Waals surface area contributed by atoms with E-state index >= 15 is 0 Å². The van der Waals surface area contributed by atoms with Crippen molar-refractivity contribution >= 4 is 33.2 Å². The first kappa shape index (κ1) is 30.8. The van der Waals surface area contributed by atoms with Crippen molar-refractivity contribution < 1.29 is 41.9 Å². The summed E-state index contributed by atoms with van der Waals surface area (Å²) < 4.78 is 57.6. The summed E-state index contributed by atoms with van der Waals surface area (Å²) in [5.74, 6) is -0.311. The van der Waals surface area contributed by atoms with Crippen molar-refractivity contribution in [1.82, 2.24) is 0 Å². The summed E-state index contributed by atoms with van der Waals surface area (Å²) in [5, 5.41) is 11.6. The number of hydrogen-bond donors (Lipinski definition) is 0. The van der Waals surface area contributed by atoms with E-state index in [0.717, 1.165) is 6.07 Å². The third kappa shape index (κ3) is 5.81. The number of rotatable bonds is 5. The van der Waals surface area contributed by atoms with Gasteiger partial charge >= 0.3 is 11.9 Å². The average Bonchev–Trinajstić information content (AvgIpc) is 2.86. The molecule has 0 N–H and O–H groups in total. The number of alkyl halides is 3. The van der Waals surface area contributed by atoms with Crippen LogP contribution in [0.15, 0.2) is 57.5 Å². The van der Waals surface area contributed by atoms with Crippen LogP contribution < -0.4 is 9.47 Å². The molecular formula is C31H29BrF3NO7. The molecule has 12 heteroatoms. The molecule has 1 heterocycles. The fraction of sp³-hybridized carbons (Fsp3) is 0.419. The largest absolute Gasteiger partial charge is 0.493 e. The second kappa shape index (κ2) is 10.5. The predicted molar refractivity (Wildman–Crippen MR) is 153 cm³/mol. The topological polar surface area (TPSA) is 105 Å². The van der Waals surface area contributed by atoms with Crippen LogP contribution in [0.1, 0.15) is 70.4 Å². The Balaban J connectivity index is 1.64. The van der Waals surface area contributed by atoms with Gasteiger partial charge in [-0.3, -0.25) is 19.7 Å². The van der Waals surface area contributed by atoms with Crippen molar-refractivity contribution in [2.45, 2.75) is 65.5 Å². The lowest BCUT2D eigenvalue weighted by Crippen LogP contribution is -2.37. The number of ketones is 2. The van der Waals surface area contributed by atoms with Crippen LogP contribution in [-0.4, -0.2) is 23.6 Å². The van der Waals surface area contributed by atoms with Crippen LogP contribution in [0.5, 0.6) is 17.2 Å². The molecule has 8 nitrogen and oxygen atoms in total. The number of carbonyl (C=O) groups is 2. The van der Waals surface area contributed by atoms with Gasteiger partial charge in [0.25, 0.3) is 0 Å². The van der Waals surface area contributed by atoms with Crippen LogP contribution in [0.25, 0.3) is 0 Å². The molecule has 2 aliphatic carbocycles. The Morgan fingerprint density at radius 2 is 1.49 bits per heavy atom. The fourth-order valence-corrected chi connectivity index (χ4v) is 6.59. The normalized spacial score (nSPS) is 19.9. The molecule has 2 aromatic rings. The van der Waals surface area contributed by atoms with E-state index in [9.17, 15) is 32.9 Å². The number of allylic oxidation sites excluding steroid dienone is 4. The van der Waals surface area contributed by atoms with Gasteiger partial charge in [-0.2, -0.15) is 13.2 Å². The molecule has 0 saturated carbocycles. The van der Waals surface area contributed by atoms with Crippen molar-refractivity contribution in [1.29, 1.82) is 0 Å². The smallest absolute Gasteiger partial charge is 0.416 e. The number of carbonyl (C=O) groups excluding carboxylic acids is 2. The number of nitrogens with zero attached hydrogens (tertiary/aromatic N) is 1. The zero-order chi connectivity index (χ0) is 31.6. The highest BCUT2D eigenvalue weighted by molar-refractivity contribution is 9.10. The highest BCUT2D eigenvalue weighted by Gasteiger charge is 2.48. The van der Waals surface area contributed by atoms with Gasteiger partial charge in [0.05, 0.1) is 22.1 Å². The van der Waals surface area contributed by atoms with Crippen molar-refractivity contribution in [3.63, 3.8) is 0 Å². The minimum atomic E-state index is -4.79. The predicted octanol–water partition coefficient (Wildman–Crippen LogP) is 8.58. The third-order valence-corrected chi connectivity index (χ3v) is 8.45. The van der Waals surface area contributed by atoms with E-state index in [-0.39, 0.29) is 51.2 Å². The van der Waals surface area contributed by atoms with E-state index in [4.69, 9.17) is 14.2 Å². The van der Waals surface area contributed by atoms with Crippen molar-refractivity contribution in [3.05, 3.63) is 78.7 Å². The standard InChI is InChI=1S/C31H29BrF3NO7/c1-29(2)11-19(37)26-23(13-29)42-24-14-30(3,4)12-20(38)27(24)25(26)15-8-17(32)28(22(9-15)41-5)43-21-7-6-16(31(33,34)35)10-18(21)36(39)40/h6-10,25H,11-14H2,1-5H3. The Morgan fingerprint density at radius 3 is 1.98 bits per heavy atom. The van der Waals surface area contributed by atoms with Gasteiger partial charge in [0.1, 0.15) is 11.5 Å². The van der Waals surface area contributed by atoms with E-state index in [1.165, 1.54) is 7.11 Å². The summed E-state index contributed by atoms with van der Waals surface area (Å²) in [6.07, 6.45) is -3.23. The highest BCUT2D eigenvalue weighted by atomic mass is 79.9. The monoisotopic (exact) mass is 663 g/mol. The van der Waals surface area contributed by atoms with Gasteiger partial charge in [-0.05, 0) is 56.6 Å². The minimum Gasteiger partial charge on any atom is -0.493 e. The van der Waals surface area contributed by atoms with Crippen molar-refractivity contribution in [2.24, 2.45) is 10.8 Å². The molecule has 2 aromatic carbocycles. The third-order valence-electron chi connectivity index (χ3n) is 7.86. The van der Waals surface area contributed by atoms with Gasteiger partial charge in [0.2, 0.25) is 5.75 Å². The summed E-state index contributed by atoms with van der Waals surface area (Å²) in [7, 11) is 1.33. The lowest BCUT2D eigenvalue weighted by molar-refractivity contribution is -0.385. The highest BCUT2D eigenvalue weighted by Crippen LogP contribution is 2.55. The SMILES string of the molecule is COc1cc(C2C3=C(CC(C)(C)CC3=O)OC3=C2C(=O)CC(C)(C)C3)cc(Br)c1Oc1ccc(C(F)(F)F)cc1[N+](=O)[O-]. The minimum absolute atomic E-state index is 0.0308. The summed E-state index contributed by atoms with van der Waals surface area (Å²) >= 11 is 3.43. The molecule has 0 saturated heterocycles. The van der Waals surface area contributed by atoms with Gasteiger partial charge in [-0.1, -0.05) is 27.7 Å². The van der Waals surface area contributed by atoms with Crippen LogP contribution >= 0.6 is 15.9 Å². The molecule has 0 amide bonds. The maximum Gasteiger partial charge on any atom is 0.416 e. The first-order valence-electron chi connectivity index (χ1n) is 13.5. The molecule has 228 valence electrons. The number of nitro benzene ring substituents is 1. The van der Waals surface area contributed by atoms with E-state index in [0.29, 0.717) is 53.2 Å². The lowest BCUT2D eigenvalue weighted by atomic mass is 9.65. The van der Waals surface area contributed by atoms with Gasteiger partial charge in [0.15, 0.2) is 23.1 Å². The first-order chi connectivity index (χ1) is 19.9. The van der Waals surface area contributed by atoms with Crippen LogP contribution in [-0.2, 0) is 20.5 Å². The molecule has 0 unspecified atom stereocenters. The molecule has 3 aliphatic rings. The molecule has 0 bridgehead atoms. The zero-order valence-corrected chi connectivity index (χ0v) is 25.7. The Morgan fingerprint density at radius 1 is 0.930 bits per heavy atom.